The van der Waals surface area contributed by atoms with Crippen molar-refractivity contribution in [3.05, 3.63) is 35.9 Å². The molecule has 3 rings (SSSR count). The van der Waals surface area contributed by atoms with Crippen molar-refractivity contribution in [3.8, 4) is 11.5 Å². The van der Waals surface area contributed by atoms with Crippen LogP contribution in [0.15, 0.2) is 24.8 Å². The highest BCUT2D eigenvalue weighted by molar-refractivity contribution is 5.99. The van der Waals surface area contributed by atoms with Gasteiger partial charge in [0.2, 0.25) is 18.0 Å². The molecule has 2 aliphatic rings. The lowest BCUT2D eigenvalue weighted by Gasteiger charge is -2.29. The fraction of sp³-hybridized carbons (Fsp3) is 0.389. The third kappa shape index (κ3) is 2.77. The number of nitrogens with one attached hydrogen (secondary N) is 1. The second kappa shape index (κ2) is 7.07. The minimum atomic E-state index is -0.966. The van der Waals surface area contributed by atoms with E-state index in [1.807, 2.05) is 0 Å². The van der Waals surface area contributed by atoms with Crippen molar-refractivity contribution in [2.75, 3.05) is 20.8 Å². The van der Waals surface area contributed by atoms with Crippen LogP contribution in [0.5, 0.6) is 11.5 Å². The molecule has 0 spiro atoms. The zero-order chi connectivity index (χ0) is 18.8. The van der Waals surface area contributed by atoms with Crippen LogP contribution in [0.2, 0.25) is 0 Å². The van der Waals surface area contributed by atoms with E-state index in [-0.39, 0.29) is 29.5 Å². The lowest BCUT2D eigenvalue weighted by atomic mass is 10.1. The Labute approximate surface area is 150 Å². The van der Waals surface area contributed by atoms with Crippen LogP contribution in [-0.2, 0) is 14.3 Å². The van der Waals surface area contributed by atoms with E-state index in [0.29, 0.717) is 24.3 Å². The molecule has 0 bridgehead atoms. The van der Waals surface area contributed by atoms with Gasteiger partial charge >= 0.3 is 5.97 Å². The van der Waals surface area contributed by atoms with Crippen LogP contribution in [0, 0.1) is 0 Å². The molecule has 1 N–H and O–H groups in total. The summed E-state index contributed by atoms with van der Waals surface area (Å²) in [6.07, 6.45) is 1.16. The number of hydrogen-bond donors (Lipinski definition) is 1. The second-order valence-corrected chi connectivity index (χ2v) is 5.91. The summed E-state index contributed by atoms with van der Waals surface area (Å²) >= 11 is 0. The van der Waals surface area contributed by atoms with Gasteiger partial charge in [0.25, 0.3) is 0 Å². The number of likely N-dealkylation sites (tertiary alicyclic amines) is 1. The van der Waals surface area contributed by atoms with E-state index < -0.39 is 18.2 Å². The van der Waals surface area contributed by atoms with Crippen LogP contribution < -0.4 is 14.8 Å². The molecular weight excluding hydrogens is 340 g/mol. The monoisotopic (exact) mass is 360 g/mol. The fourth-order valence-corrected chi connectivity index (χ4v) is 3.33. The number of rotatable bonds is 6. The van der Waals surface area contributed by atoms with Gasteiger partial charge in [-0.2, -0.15) is 0 Å². The van der Waals surface area contributed by atoms with Crippen molar-refractivity contribution < 1.29 is 28.6 Å². The zero-order valence-corrected chi connectivity index (χ0v) is 14.6. The van der Waals surface area contributed by atoms with E-state index in [9.17, 15) is 14.4 Å². The molecule has 2 heterocycles. The standard InChI is InChI=1S/C18H20N2O6/c1-4-9-19-16(22)11-6-8-13(21)20(11)17-10-5-7-12(24-2)15(25-3)14(10)18(23)26-17/h4-5,7,11,17H,1,6,8-9H2,2-3H3,(H,19,22)/t11-,17+/m1/s1. The van der Waals surface area contributed by atoms with Gasteiger partial charge in [-0.1, -0.05) is 6.08 Å². The summed E-state index contributed by atoms with van der Waals surface area (Å²) in [4.78, 5) is 38.6. The van der Waals surface area contributed by atoms with E-state index in [1.165, 1.54) is 19.1 Å². The third-order valence-corrected chi connectivity index (χ3v) is 4.50. The first kappa shape index (κ1) is 17.8. The Morgan fingerprint density at radius 3 is 2.81 bits per heavy atom. The average molecular weight is 360 g/mol. The first-order valence-electron chi connectivity index (χ1n) is 8.19. The molecule has 8 heteroatoms. The molecular formula is C18H20N2O6. The SMILES string of the molecule is C=CCNC(=O)[C@H]1CCC(=O)N1[C@H]1OC(=O)c2c1ccc(OC)c2OC. The van der Waals surface area contributed by atoms with Crippen molar-refractivity contribution in [1.29, 1.82) is 0 Å². The topological polar surface area (TPSA) is 94.2 Å². The molecule has 2 amide bonds. The number of carbonyl (C=O) groups is 3. The molecule has 0 aromatic heterocycles. The van der Waals surface area contributed by atoms with Gasteiger partial charge in [-0.25, -0.2) is 4.79 Å². The van der Waals surface area contributed by atoms with E-state index in [2.05, 4.69) is 11.9 Å². The summed E-state index contributed by atoms with van der Waals surface area (Å²) in [5.41, 5.74) is 0.686. The summed E-state index contributed by atoms with van der Waals surface area (Å²) in [6.45, 7) is 3.85. The Bertz CT molecular complexity index is 775. The van der Waals surface area contributed by atoms with Crippen LogP contribution in [0.25, 0.3) is 0 Å². The summed E-state index contributed by atoms with van der Waals surface area (Å²) in [7, 11) is 2.89. The highest BCUT2D eigenvalue weighted by Crippen LogP contribution is 2.45. The van der Waals surface area contributed by atoms with Gasteiger partial charge in [0, 0.05) is 18.5 Å². The van der Waals surface area contributed by atoms with Crippen molar-refractivity contribution in [3.63, 3.8) is 0 Å². The number of cyclic esters (lactones) is 1. The zero-order valence-electron chi connectivity index (χ0n) is 14.6. The molecule has 0 saturated carbocycles. The molecule has 0 aliphatic carbocycles. The predicted octanol–water partition coefficient (Wildman–Crippen LogP) is 1.17. The number of nitrogens with zero attached hydrogens (tertiary/aromatic N) is 1. The van der Waals surface area contributed by atoms with E-state index in [4.69, 9.17) is 14.2 Å². The number of carbonyl (C=O) groups excluding carboxylic acids is 3. The lowest BCUT2D eigenvalue weighted by molar-refractivity contribution is -0.145. The molecule has 8 nitrogen and oxygen atoms in total. The number of hydrogen-bond acceptors (Lipinski definition) is 6. The molecule has 2 aliphatic heterocycles. The number of esters is 1. The predicted molar refractivity (Wildman–Crippen MR) is 90.8 cm³/mol. The summed E-state index contributed by atoms with van der Waals surface area (Å²) in [5.74, 6) is -0.538. The highest BCUT2D eigenvalue weighted by Gasteiger charge is 2.47. The van der Waals surface area contributed by atoms with Crippen LogP contribution >= 0.6 is 0 Å². The lowest BCUT2D eigenvalue weighted by Crippen LogP contribution is -2.46. The van der Waals surface area contributed by atoms with Crippen molar-refractivity contribution in [2.45, 2.75) is 25.1 Å². The maximum absolute atomic E-state index is 12.4. The molecule has 0 radical (unpaired) electrons. The van der Waals surface area contributed by atoms with Gasteiger partial charge in [-0.15, -0.1) is 6.58 Å². The number of benzene rings is 1. The Morgan fingerprint density at radius 1 is 1.38 bits per heavy atom. The molecule has 1 aromatic carbocycles. The molecule has 1 saturated heterocycles. The maximum Gasteiger partial charge on any atom is 0.344 e. The fourth-order valence-electron chi connectivity index (χ4n) is 3.33. The number of methoxy groups -OCH3 is 2. The Balaban J connectivity index is 1.98. The van der Waals surface area contributed by atoms with Crippen LogP contribution in [0.1, 0.15) is 35.0 Å². The van der Waals surface area contributed by atoms with Crippen LogP contribution in [0.3, 0.4) is 0 Å². The molecule has 138 valence electrons. The van der Waals surface area contributed by atoms with Gasteiger partial charge in [0.05, 0.1) is 14.2 Å². The molecule has 2 atom stereocenters. The van der Waals surface area contributed by atoms with E-state index >= 15 is 0 Å². The Morgan fingerprint density at radius 2 is 2.15 bits per heavy atom. The molecule has 0 unspecified atom stereocenters. The summed E-state index contributed by atoms with van der Waals surface area (Å²) < 4.78 is 15.9. The van der Waals surface area contributed by atoms with Gasteiger partial charge in [0.15, 0.2) is 11.5 Å². The number of amides is 2. The Hall–Kier alpha value is -3.03. The largest absolute Gasteiger partial charge is 0.493 e. The van der Waals surface area contributed by atoms with Crippen molar-refractivity contribution in [2.24, 2.45) is 0 Å². The average Bonchev–Trinajstić information content (AvgIpc) is 3.18. The van der Waals surface area contributed by atoms with E-state index in [0.717, 1.165) is 0 Å². The number of fused-ring (bicyclic) bond motifs is 1. The first-order chi connectivity index (χ1) is 12.5. The third-order valence-electron chi connectivity index (χ3n) is 4.50. The second-order valence-electron chi connectivity index (χ2n) is 5.91. The van der Waals surface area contributed by atoms with Gasteiger partial charge < -0.3 is 19.5 Å². The van der Waals surface area contributed by atoms with Crippen molar-refractivity contribution in [1.82, 2.24) is 10.2 Å². The maximum atomic E-state index is 12.4. The summed E-state index contributed by atoms with van der Waals surface area (Å²) in [5, 5.41) is 2.69. The summed E-state index contributed by atoms with van der Waals surface area (Å²) in [6, 6.07) is 2.58. The first-order valence-corrected chi connectivity index (χ1v) is 8.19. The smallest absolute Gasteiger partial charge is 0.344 e. The van der Waals surface area contributed by atoms with Gasteiger partial charge in [-0.3, -0.25) is 14.5 Å². The molecule has 1 fully saturated rings. The minimum Gasteiger partial charge on any atom is -0.493 e. The van der Waals surface area contributed by atoms with Gasteiger partial charge in [0.1, 0.15) is 11.6 Å². The number of ether oxygens (including phenoxy) is 3. The van der Waals surface area contributed by atoms with Crippen molar-refractivity contribution >= 4 is 17.8 Å². The van der Waals surface area contributed by atoms with E-state index in [1.54, 1.807) is 18.2 Å². The van der Waals surface area contributed by atoms with Crippen LogP contribution in [-0.4, -0.2) is 49.5 Å². The minimum absolute atomic E-state index is 0.210. The molecule has 26 heavy (non-hydrogen) atoms. The highest BCUT2D eigenvalue weighted by atomic mass is 16.6. The normalized spacial score (nSPS) is 21.2. The Kier molecular flexibility index (Phi) is 4.83. The quantitative estimate of drug-likeness (QED) is 0.604. The van der Waals surface area contributed by atoms with Crippen LogP contribution in [0.4, 0.5) is 0 Å². The molecule has 1 aromatic rings. The van der Waals surface area contributed by atoms with Gasteiger partial charge in [-0.05, 0) is 18.6 Å².